The number of fused-ring (bicyclic) bond motifs is 1. The Bertz CT molecular complexity index is 540. The second kappa shape index (κ2) is 6.88. The lowest BCUT2D eigenvalue weighted by molar-refractivity contribution is -0.0460. The van der Waals surface area contributed by atoms with Crippen LogP contribution in [0.15, 0.2) is 4.52 Å². The summed E-state index contributed by atoms with van der Waals surface area (Å²) in [6, 6.07) is 0.487. The zero-order valence-electron chi connectivity index (χ0n) is 14.2. The number of aryl methyl sites for hydroxylation is 2. The van der Waals surface area contributed by atoms with Gasteiger partial charge in [-0.05, 0) is 33.2 Å². The minimum Gasteiger partial charge on any atom is -0.373 e. The van der Waals surface area contributed by atoms with E-state index < -0.39 is 0 Å². The quantitative estimate of drug-likeness (QED) is 0.905. The SMILES string of the molecule is Cc1noc(C)c1CN(C)C(=O)NC[C@H]1CN2CCC[C@H]2CO1. The molecule has 2 amide bonds. The van der Waals surface area contributed by atoms with Crippen LogP contribution in [0, 0.1) is 13.8 Å². The highest BCUT2D eigenvalue weighted by atomic mass is 16.5. The third kappa shape index (κ3) is 3.67. The number of carbonyl (C=O) groups excluding carboxylic acids is 1. The van der Waals surface area contributed by atoms with E-state index >= 15 is 0 Å². The Morgan fingerprint density at radius 2 is 2.30 bits per heavy atom. The monoisotopic (exact) mass is 322 g/mol. The summed E-state index contributed by atoms with van der Waals surface area (Å²) in [7, 11) is 1.78. The smallest absolute Gasteiger partial charge is 0.317 e. The van der Waals surface area contributed by atoms with Crippen molar-refractivity contribution in [3.05, 3.63) is 17.0 Å². The highest BCUT2D eigenvalue weighted by molar-refractivity contribution is 5.73. The molecule has 2 atom stereocenters. The molecule has 2 aliphatic rings. The van der Waals surface area contributed by atoms with Gasteiger partial charge in [0.1, 0.15) is 5.76 Å². The maximum atomic E-state index is 12.3. The first-order chi connectivity index (χ1) is 11.0. The summed E-state index contributed by atoms with van der Waals surface area (Å²) in [4.78, 5) is 16.4. The van der Waals surface area contributed by atoms with Gasteiger partial charge in [-0.1, -0.05) is 5.16 Å². The number of amides is 2. The molecule has 1 aromatic rings. The summed E-state index contributed by atoms with van der Waals surface area (Å²) in [5.41, 5.74) is 1.80. The van der Waals surface area contributed by atoms with E-state index in [9.17, 15) is 4.79 Å². The predicted molar refractivity (Wildman–Crippen MR) is 85.2 cm³/mol. The van der Waals surface area contributed by atoms with Gasteiger partial charge in [-0.25, -0.2) is 4.79 Å². The topological polar surface area (TPSA) is 70.8 Å². The van der Waals surface area contributed by atoms with Crippen LogP contribution in [0.25, 0.3) is 0 Å². The highest BCUT2D eigenvalue weighted by Crippen LogP contribution is 2.22. The van der Waals surface area contributed by atoms with Gasteiger partial charge in [0.05, 0.1) is 24.9 Å². The third-order valence-corrected chi connectivity index (χ3v) is 4.87. The fraction of sp³-hybridized carbons (Fsp3) is 0.750. The van der Waals surface area contributed by atoms with Crippen molar-refractivity contribution in [1.82, 2.24) is 20.3 Å². The molecule has 2 saturated heterocycles. The van der Waals surface area contributed by atoms with Gasteiger partial charge in [0.2, 0.25) is 0 Å². The first kappa shape index (κ1) is 16.3. The lowest BCUT2D eigenvalue weighted by Crippen LogP contribution is -2.51. The van der Waals surface area contributed by atoms with Gasteiger partial charge >= 0.3 is 6.03 Å². The van der Waals surface area contributed by atoms with E-state index in [0.29, 0.717) is 19.1 Å². The van der Waals surface area contributed by atoms with Crippen LogP contribution in [0.4, 0.5) is 4.79 Å². The zero-order chi connectivity index (χ0) is 16.4. The summed E-state index contributed by atoms with van der Waals surface area (Å²) < 4.78 is 11.0. The number of hydrogen-bond acceptors (Lipinski definition) is 5. The first-order valence-electron chi connectivity index (χ1n) is 8.31. The summed E-state index contributed by atoms with van der Waals surface area (Å²) in [6.45, 7) is 7.66. The Balaban J connectivity index is 1.45. The Hall–Kier alpha value is -1.60. The van der Waals surface area contributed by atoms with Crippen LogP contribution in [-0.4, -0.2) is 66.4 Å². The van der Waals surface area contributed by atoms with Gasteiger partial charge < -0.3 is 19.5 Å². The number of nitrogens with zero attached hydrogens (tertiary/aromatic N) is 3. The number of nitrogens with one attached hydrogen (secondary N) is 1. The van der Waals surface area contributed by atoms with Gasteiger partial charge in [-0.2, -0.15) is 0 Å². The summed E-state index contributed by atoms with van der Waals surface area (Å²) in [5.74, 6) is 0.762. The first-order valence-corrected chi connectivity index (χ1v) is 8.31. The molecule has 0 spiro atoms. The number of urea groups is 1. The molecule has 1 aromatic heterocycles. The molecule has 0 unspecified atom stereocenters. The van der Waals surface area contributed by atoms with Crippen molar-refractivity contribution in [2.24, 2.45) is 0 Å². The largest absolute Gasteiger partial charge is 0.373 e. The molecule has 7 nitrogen and oxygen atoms in total. The minimum absolute atomic E-state index is 0.0840. The van der Waals surface area contributed by atoms with Crippen molar-refractivity contribution in [2.45, 2.75) is 45.4 Å². The molecule has 0 bridgehead atoms. The van der Waals surface area contributed by atoms with Crippen LogP contribution in [0.3, 0.4) is 0 Å². The molecule has 1 N–H and O–H groups in total. The molecule has 23 heavy (non-hydrogen) atoms. The highest BCUT2D eigenvalue weighted by Gasteiger charge is 2.32. The molecule has 7 heteroatoms. The van der Waals surface area contributed by atoms with Crippen molar-refractivity contribution in [2.75, 3.05) is 33.3 Å². The van der Waals surface area contributed by atoms with Gasteiger partial charge in [0.15, 0.2) is 0 Å². The number of carbonyl (C=O) groups is 1. The fourth-order valence-corrected chi connectivity index (χ4v) is 3.38. The Morgan fingerprint density at radius 3 is 3.04 bits per heavy atom. The van der Waals surface area contributed by atoms with E-state index in [1.54, 1.807) is 11.9 Å². The summed E-state index contributed by atoms with van der Waals surface area (Å²) in [6.07, 6.45) is 2.58. The van der Waals surface area contributed by atoms with Crippen LogP contribution in [-0.2, 0) is 11.3 Å². The van der Waals surface area contributed by atoms with Crippen LogP contribution >= 0.6 is 0 Å². The summed E-state index contributed by atoms with van der Waals surface area (Å²) in [5, 5.41) is 6.89. The number of ether oxygens (including phenoxy) is 1. The Labute approximate surface area is 136 Å². The third-order valence-electron chi connectivity index (χ3n) is 4.87. The van der Waals surface area contributed by atoms with Crippen LogP contribution in [0.5, 0.6) is 0 Å². The second-order valence-corrected chi connectivity index (χ2v) is 6.59. The van der Waals surface area contributed by atoms with Crippen LogP contribution in [0.1, 0.15) is 29.9 Å². The van der Waals surface area contributed by atoms with E-state index in [1.165, 1.54) is 12.8 Å². The Morgan fingerprint density at radius 1 is 1.48 bits per heavy atom. The normalized spacial score (nSPS) is 24.5. The number of morpholine rings is 1. The molecule has 2 fully saturated rings. The summed E-state index contributed by atoms with van der Waals surface area (Å²) >= 11 is 0. The van der Waals surface area contributed by atoms with E-state index in [0.717, 1.165) is 36.7 Å². The molecule has 128 valence electrons. The van der Waals surface area contributed by atoms with Gasteiger partial charge in [-0.15, -0.1) is 0 Å². The lowest BCUT2D eigenvalue weighted by atomic mass is 10.2. The molecule has 0 aliphatic carbocycles. The van der Waals surface area contributed by atoms with E-state index in [4.69, 9.17) is 9.26 Å². The standard InChI is InChI=1S/C16H26N4O3/c1-11-15(12(2)23-18-11)9-19(3)16(21)17-7-14-8-20-6-4-5-13(20)10-22-14/h13-14H,4-10H2,1-3H3,(H,17,21)/t13-,14-/m0/s1. The fourth-order valence-electron chi connectivity index (χ4n) is 3.38. The Kier molecular flexibility index (Phi) is 4.87. The lowest BCUT2D eigenvalue weighted by Gasteiger charge is -2.35. The zero-order valence-corrected chi connectivity index (χ0v) is 14.2. The molecular weight excluding hydrogens is 296 g/mol. The molecule has 2 aliphatic heterocycles. The van der Waals surface area contributed by atoms with Crippen LogP contribution in [0.2, 0.25) is 0 Å². The molecule has 0 radical (unpaired) electrons. The number of aromatic nitrogens is 1. The molecule has 0 saturated carbocycles. The molecule has 0 aromatic carbocycles. The van der Waals surface area contributed by atoms with Crippen LogP contribution < -0.4 is 5.32 Å². The van der Waals surface area contributed by atoms with Crippen molar-refractivity contribution in [3.63, 3.8) is 0 Å². The van der Waals surface area contributed by atoms with E-state index in [-0.39, 0.29) is 12.1 Å². The maximum Gasteiger partial charge on any atom is 0.317 e. The molecular formula is C16H26N4O3. The van der Waals surface area contributed by atoms with E-state index in [1.807, 2.05) is 13.8 Å². The average Bonchev–Trinajstić information content (AvgIpc) is 3.13. The maximum absolute atomic E-state index is 12.3. The van der Waals surface area contributed by atoms with E-state index in [2.05, 4.69) is 15.4 Å². The predicted octanol–water partition coefficient (Wildman–Crippen LogP) is 1.30. The van der Waals surface area contributed by atoms with Crippen molar-refractivity contribution in [3.8, 4) is 0 Å². The minimum atomic E-state index is -0.0999. The number of hydrogen-bond donors (Lipinski definition) is 1. The van der Waals surface area contributed by atoms with Gasteiger partial charge in [-0.3, -0.25) is 4.90 Å². The van der Waals surface area contributed by atoms with Crippen molar-refractivity contribution >= 4 is 6.03 Å². The van der Waals surface area contributed by atoms with Gasteiger partial charge in [0, 0.05) is 31.7 Å². The van der Waals surface area contributed by atoms with Crippen molar-refractivity contribution in [1.29, 1.82) is 0 Å². The molecule has 3 rings (SSSR count). The van der Waals surface area contributed by atoms with Gasteiger partial charge in [0.25, 0.3) is 0 Å². The number of rotatable bonds is 4. The van der Waals surface area contributed by atoms with Crippen molar-refractivity contribution < 1.29 is 14.1 Å². The average molecular weight is 322 g/mol. The molecule has 3 heterocycles. The second-order valence-electron chi connectivity index (χ2n) is 6.59.